The van der Waals surface area contributed by atoms with Crippen molar-refractivity contribution in [1.29, 1.82) is 5.26 Å². The quantitative estimate of drug-likeness (QED) is 0.547. The number of para-hydroxylation sites is 2. The highest BCUT2D eigenvalue weighted by Gasteiger charge is 2.37. The van der Waals surface area contributed by atoms with Crippen LogP contribution in [0.3, 0.4) is 0 Å². The average molecular weight is 392 g/mol. The van der Waals surface area contributed by atoms with Gasteiger partial charge in [0.1, 0.15) is 22.9 Å². The number of benzene rings is 2. The highest BCUT2D eigenvalue weighted by atomic mass is 16.5. The molecule has 5 rings (SSSR count). The van der Waals surface area contributed by atoms with Crippen LogP contribution < -0.4 is 5.73 Å². The number of hydrogen-bond acceptors (Lipinski definition) is 6. The van der Waals surface area contributed by atoms with Crippen molar-refractivity contribution in [1.82, 2.24) is 9.97 Å². The van der Waals surface area contributed by atoms with Crippen molar-refractivity contribution in [3.05, 3.63) is 108 Å². The van der Waals surface area contributed by atoms with E-state index in [1.807, 2.05) is 66.7 Å². The van der Waals surface area contributed by atoms with Crippen molar-refractivity contribution in [2.45, 2.75) is 5.92 Å². The van der Waals surface area contributed by atoms with E-state index in [1.54, 1.807) is 12.4 Å². The lowest BCUT2D eigenvalue weighted by Crippen LogP contribution is -2.20. The topological polar surface area (TPSA) is 98.0 Å². The minimum Gasteiger partial charge on any atom is -0.439 e. The first kappa shape index (κ1) is 17.7. The van der Waals surface area contributed by atoms with Crippen LogP contribution in [0.15, 0.2) is 95.0 Å². The summed E-state index contributed by atoms with van der Waals surface area (Å²) in [6, 6.07) is 23.1. The smallest absolute Gasteiger partial charge is 0.228 e. The number of fused-ring (bicyclic) bond motifs is 1. The molecule has 6 heteroatoms. The van der Waals surface area contributed by atoms with Crippen LogP contribution in [0.25, 0.3) is 22.4 Å². The van der Waals surface area contributed by atoms with Crippen LogP contribution in [0.5, 0.6) is 0 Å². The standard InChI is InChI=1S/C24H16N4O2/c25-13-17-20(15-7-2-1-3-8-15)21(24-28-18-10-4-5-11-19(18)29-24)22(30-23(17)26)16-9-6-12-27-14-16/h1-12,14,20H,26H2/t20-/m1/s1. The van der Waals surface area contributed by atoms with Crippen molar-refractivity contribution < 1.29 is 9.15 Å². The predicted molar refractivity (Wildman–Crippen MR) is 112 cm³/mol. The summed E-state index contributed by atoms with van der Waals surface area (Å²) >= 11 is 0. The molecule has 2 aromatic heterocycles. The van der Waals surface area contributed by atoms with E-state index in [9.17, 15) is 5.26 Å². The molecule has 0 spiro atoms. The van der Waals surface area contributed by atoms with Gasteiger partial charge < -0.3 is 14.9 Å². The fraction of sp³-hybridized carbons (Fsp3) is 0.0417. The van der Waals surface area contributed by atoms with Crippen LogP contribution >= 0.6 is 0 Å². The highest BCUT2D eigenvalue weighted by Crippen LogP contribution is 2.47. The molecule has 1 aliphatic rings. The second kappa shape index (κ2) is 7.22. The summed E-state index contributed by atoms with van der Waals surface area (Å²) in [5, 5.41) is 9.90. The summed E-state index contributed by atoms with van der Waals surface area (Å²) in [7, 11) is 0. The molecular formula is C24H16N4O2. The van der Waals surface area contributed by atoms with Gasteiger partial charge in [0, 0.05) is 18.0 Å². The number of pyridine rings is 1. The summed E-state index contributed by atoms with van der Waals surface area (Å²) in [5.41, 5.74) is 10.1. The van der Waals surface area contributed by atoms with E-state index in [1.165, 1.54) is 0 Å². The van der Waals surface area contributed by atoms with Gasteiger partial charge in [0.25, 0.3) is 0 Å². The zero-order valence-electron chi connectivity index (χ0n) is 15.8. The Labute approximate surface area is 172 Å². The lowest BCUT2D eigenvalue weighted by molar-refractivity contribution is 0.362. The van der Waals surface area contributed by atoms with Gasteiger partial charge in [-0.15, -0.1) is 0 Å². The molecule has 0 fully saturated rings. The largest absolute Gasteiger partial charge is 0.439 e. The zero-order valence-corrected chi connectivity index (χ0v) is 15.8. The minimum absolute atomic E-state index is 0.0602. The van der Waals surface area contributed by atoms with Crippen molar-refractivity contribution in [3.8, 4) is 6.07 Å². The fourth-order valence-corrected chi connectivity index (χ4v) is 3.66. The molecule has 2 aromatic carbocycles. The molecule has 0 amide bonds. The Kier molecular flexibility index (Phi) is 4.26. The predicted octanol–water partition coefficient (Wildman–Crippen LogP) is 4.60. The average Bonchev–Trinajstić information content (AvgIpc) is 3.23. The monoisotopic (exact) mass is 392 g/mol. The number of nitrogens with two attached hydrogens (primary N) is 1. The molecule has 1 atom stereocenters. The van der Waals surface area contributed by atoms with E-state index in [4.69, 9.17) is 14.9 Å². The van der Waals surface area contributed by atoms with Gasteiger partial charge in [-0.25, -0.2) is 4.98 Å². The summed E-state index contributed by atoms with van der Waals surface area (Å²) in [4.78, 5) is 8.89. The van der Waals surface area contributed by atoms with Crippen LogP contribution in [-0.4, -0.2) is 9.97 Å². The number of nitriles is 1. The molecule has 144 valence electrons. The second-order valence-electron chi connectivity index (χ2n) is 6.81. The van der Waals surface area contributed by atoms with Crippen molar-refractivity contribution in [3.63, 3.8) is 0 Å². The second-order valence-corrected chi connectivity index (χ2v) is 6.81. The molecule has 0 bridgehead atoms. The van der Waals surface area contributed by atoms with E-state index in [0.717, 1.165) is 16.6 Å². The highest BCUT2D eigenvalue weighted by molar-refractivity contribution is 5.93. The van der Waals surface area contributed by atoms with Crippen LogP contribution in [0.2, 0.25) is 0 Å². The van der Waals surface area contributed by atoms with Gasteiger partial charge >= 0.3 is 0 Å². The molecule has 6 nitrogen and oxygen atoms in total. The molecule has 2 N–H and O–H groups in total. The summed E-state index contributed by atoms with van der Waals surface area (Å²) < 4.78 is 12.1. The van der Waals surface area contributed by atoms with Gasteiger partial charge in [0.2, 0.25) is 11.8 Å². The van der Waals surface area contributed by atoms with E-state index in [2.05, 4.69) is 16.0 Å². The SMILES string of the molecule is N#CC1=C(N)OC(c2cccnc2)=C(c2nc3ccccc3o2)[C@@H]1c1ccccc1. The maximum atomic E-state index is 9.90. The third-order valence-corrected chi connectivity index (χ3v) is 5.00. The first-order valence-electron chi connectivity index (χ1n) is 9.39. The van der Waals surface area contributed by atoms with Gasteiger partial charge in [-0.3, -0.25) is 4.98 Å². The molecule has 0 unspecified atom stereocenters. The summed E-state index contributed by atoms with van der Waals surface area (Å²) in [6.45, 7) is 0. The fourth-order valence-electron chi connectivity index (χ4n) is 3.66. The Hall–Kier alpha value is -4.37. The molecule has 0 aliphatic carbocycles. The van der Waals surface area contributed by atoms with Gasteiger partial charge in [0.15, 0.2) is 5.58 Å². The first-order valence-corrected chi connectivity index (χ1v) is 9.39. The summed E-state index contributed by atoms with van der Waals surface area (Å²) in [6.07, 6.45) is 3.37. The van der Waals surface area contributed by atoms with Gasteiger partial charge in [-0.1, -0.05) is 42.5 Å². The van der Waals surface area contributed by atoms with Crippen LogP contribution in [-0.2, 0) is 4.74 Å². The molecule has 4 aromatic rings. The number of hydrogen-bond donors (Lipinski definition) is 1. The Morgan fingerprint density at radius 1 is 0.967 bits per heavy atom. The van der Waals surface area contributed by atoms with E-state index in [-0.39, 0.29) is 5.88 Å². The van der Waals surface area contributed by atoms with Crippen LogP contribution in [0, 0.1) is 11.3 Å². The summed E-state index contributed by atoms with van der Waals surface area (Å²) in [5.74, 6) is 0.419. The molecule has 0 saturated carbocycles. The number of nitrogens with zero attached hydrogens (tertiary/aromatic N) is 3. The Morgan fingerprint density at radius 2 is 1.77 bits per heavy atom. The van der Waals surface area contributed by atoms with Crippen molar-refractivity contribution >= 4 is 22.4 Å². The Morgan fingerprint density at radius 3 is 2.50 bits per heavy atom. The lowest BCUT2D eigenvalue weighted by Gasteiger charge is -2.27. The number of rotatable bonds is 3. The third kappa shape index (κ3) is 2.90. The van der Waals surface area contributed by atoms with Gasteiger partial charge in [0.05, 0.1) is 11.5 Å². The Bertz CT molecular complexity index is 1300. The van der Waals surface area contributed by atoms with Crippen molar-refractivity contribution in [2.75, 3.05) is 0 Å². The third-order valence-electron chi connectivity index (χ3n) is 5.00. The van der Waals surface area contributed by atoms with Crippen molar-refractivity contribution in [2.24, 2.45) is 5.73 Å². The first-order chi connectivity index (χ1) is 14.8. The number of allylic oxidation sites excluding steroid dienone is 2. The normalized spacial score (nSPS) is 16.4. The maximum Gasteiger partial charge on any atom is 0.228 e. The van der Waals surface area contributed by atoms with E-state index in [0.29, 0.717) is 28.4 Å². The lowest BCUT2D eigenvalue weighted by atomic mass is 9.82. The molecule has 0 saturated heterocycles. The molecule has 1 aliphatic heterocycles. The van der Waals surface area contributed by atoms with Crippen LogP contribution in [0.1, 0.15) is 22.9 Å². The number of ether oxygens (including phenoxy) is 1. The van der Waals surface area contributed by atoms with E-state index < -0.39 is 5.92 Å². The molecule has 3 heterocycles. The number of aromatic nitrogens is 2. The minimum atomic E-state index is -0.492. The molecule has 0 radical (unpaired) electrons. The Balaban J connectivity index is 1.83. The number of oxazole rings is 1. The zero-order chi connectivity index (χ0) is 20.5. The molecular weight excluding hydrogens is 376 g/mol. The van der Waals surface area contributed by atoms with Gasteiger partial charge in [-0.05, 0) is 29.8 Å². The molecule has 30 heavy (non-hydrogen) atoms. The maximum absolute atomic E-state index is 9.90. The van der Waals surface area contributed by atoms with E-state index >= 15 is 0 Å². The van der Waals surface area contributed by atoms with Gasteiger partial charge in [-0.2, -0.15) is 5.26 Å². The van der Waals surface area contributed by atoms with Crippen LogP contribution in [0.4, 0.5) is 0 Å².